The highest BCUT2D eigenvalue weighted by Gasteiger charge is 2.43. The number of H-pyrrole nitrogens is 1. The number of anilines is 1. The molecule has 2 unspecified atom stereocenters. The van der Waals surface area contributed by atoms with Crippen molar-refractivity contribution in [3.63, 3.8) is 0 Å². The van der Waals surface area contributed by atoms with Gasteiger partial charge in [-0.05, 0) is 19.8 Å². The average molecular weight is 472 g/mol. The van der Waals surface area contributed by atoms with Crippen LogP contribution in [0.2, 0.25) is 0 Å². The number of aromatic nitrogens is 4. The third-order valence-electron chi connectivity index (χ3n) is 5.26. The second kappa shape index (κ2) is 10.6. The number of aliphatic hydroxyl groups excluding tert-OH is 4. The van der Waals surface area contributed by atoms with E-state index < -0.39 is 49.2 Å². The molecule has 1 aliphatic heterocycles. The van der Waals surface area contributed by atoms with Crippen molar-refractivity contribution in [1.82, 2.24) is 24.8 Å². The Balaban J connectivity index is 1.59. The van der Waals surface area contributed by atoms with Crippen molar-refractivity contribution in [2.75, 3.05) is 25.0 Å². The summed E-state index contributed by atoms with van der Waals surface area (Å²) in [4.78, 5) is 23.2. The SMILES string of the molecule is CC(O)C(N)C(=O)NCCCCNc1nc(=S)c2ncn([C@@H]3O[C@H](CO)[C@@H](O)[C@H]3O)c2[nH]1. The monoisotopic (exact) mass is 471 g/mol. The second-order valence-electron chi connectivity index (χ2n) is 7.66. The van der Waals surface area contributed by atoms with E-state index >= 15 is 0 Å². The topological polar surface area (TPSA) is 204 Å². The lowest BCUT2D eigenvalue weighted by molar-refractivity contribution is -0.124. The molecule has 1 fully saturated rings. The summed E-state index contributed by atoms with van der Waals surface area (Å²) in [5, 5.41) is 44.7. The fourth-order valence-electron chi connectivity index (χ4n) is 3.33. The third kappa shape index (κ3) is 5.23. The van der Waals surface area contributed by atoms with E-state index in [1.165, 1.54) is 17.8 Å². The molecule has 6 atom stereocenters. The number of unbranched alkanes of at least 4 members (excludes halogenated alkanes) is 1. The van der Waals surface area contributed by atoms with E-state index in [2.05, 4.69) is 25.6 Å². The molecule has 0 spiro atoms. The van der Waals surface area contributed by atoms with E-state index in [-0.39, 0.29) is 4.64 Å². The Morgan fingerprint density at radius 1 is 1.38 bits per heavy atom. The number of nitrogens with two attached hydrogens (primary N) is 1. The summed E-state index contributed by atoms with van der Waals surface area (Å²) in [6, 6.07) is -0.954. The molecule has 1 saturated heterocycles. The number of hydrogen-bond acceptors (Lipinski definition) is 11. The Morgan fingerprint density at radius 3 is 2.75 bits per heavy atom. The van der Waals surface area contributed by atoms with Crippen LogP contribution in [0.3, 0.4) is 0 Å². The highest BCUT2D eigenvalue weighted by molar-refractivity contribution is 7.71. The van der Waals surface area contributed by atoms with Crippen LogP contribution in [0.25, 0.3) is 11.2 Å². The lowest BCUT2D eigenvalue weighted by atomic mass is 10.1. The molecular weight excluding hydrogens is 442 g/mol. The molecule has 1 aliphatic rings. The number of amides is 1. The Bertz CT molecular complexity index is 982. The van der Waals surface area contributed by atoms with Gasteiger partial charge in [-0.25, -0.2) is 9.97 Å². The summed E-state index contributed by atoms with van der Waals surface area (Å²) >= 11 is 5.30. The Kier molecular flexibility index (Phi) is 8.10. The van der Waals surface area contributed by atoms with Crippen LogP contribution in [0.4, 0.5) is 5.95 Å². The van der Waals surface area contributed by atoms with E-state index in [9.17, 15) is 25.2 Å². The molecule has 0 aliphatic carbocycles. The molecule has 0 saturated carbocycles. The van der Waals surface area contributed by atoms with Gasteiger partial charge in [-0.1, -0.05) is 12.2 Å². The summed E-state index contributed by atoms with van der Waals surface area (Å²) in [7, 11) is 0. The highest BCUT2D eigenvalue weighted by atomic mass is 32.1. The summed E-state index contributed by atoms with van der Waals surface area (Å²) in [5.41, 5.74) is 6.41. The van der Waals surface area contributed by atoms with Crippen LogP contribution in [-0.4, -0.2) is 96.0 Å². The fraction of sp³-hybridized carbons (Fsp3) is 0.667. The van der Waals surface area contributed by atoms with Crippen molar-refractivity contribution in [1.29, 1.82) is 0 Å². The van der Waals surface area contributed by atoms with Crippen molar-refractivity contribution in [2.24, 2.45) is 5.73 Å². The van der Waals surface area contributed by atoms with Crippen molar-refractivity contribution in [3.8, 4) is 0 Å². The van der Waals surface area contributed by atoms with Crippen LogP contribution in [0.15, 0.2) is 6.33 Å². The van der Waals surface area contributed by atoms with Crippen LogP contribution in [0.1, 0.15) is 26.0 Å². The van der Waals surface area contributed by atoms with E-state index in [0.29, 0.717) is 43.0 Å². The van der Waals surface area contributed by atoms with Crippen molar-refractivity contribution < 1.29 is 30.0 Å². The lowest BCUT2D eigenvalue weighted by Gasteiger charge is -2.17. The number of nitrogens with one attached hydrogen (secondary N) is 3. The number of aliphatic hydroxyl groups is 4. The molecule has 2 aromatic rings. The van der Waals surface area contributed by atoms with E-state index in [1.54, 1.807) is 0 Å². The number of carbonyl (C=O) groups is 1. The van der Waals surface area contributed by atoms with Crippen LogP contribution < -0.4 is 16.4 Å². The summed E-state index contributed by atoms with van der Waals surface area (Å²) in [5.74, 6) is -0.0153. The minimum atomic E-state index is -1.26. The first-order chi connectivity index (χ1) is 15.2. The maximum Gasteiger partial charge on any atom is 0.239 e. The smallest absolute Gasteiger partial charge is 0.239 e. The lowest BCUT2D eigenvalue weighted by Crippen LogP contribution is -2.47. The minimum absolute atomic E-state index is 0.242. The van der Waals surface area contributed by atoms with E-state index in [1.807, 2.05) is 0 Å². The van der Waals surface area contributed by atoms with Gasteiger partial charge in [0.2, 0.25) is 11.9 Å². The number of nitrogens with zero attached hydrogens (tertiary/aromatic N) is 3. The van der Waals surface area contributed by atoms with Gasteiger partial charge in [0.25, 0.3) is 0 Å². The van der Waals surface area contributed by atoms with Gasteiger partial charge >= 0.3 is 0 Å². The van der Waals surface area contributed by atoms with Crippen molar-refractivity contribution >= 4 is 35.2 Å². The maximum atomic E-state index is 11.7. The molecule has 14 heteroatoms. The van der Waals surface area contributed by atoms with E-state index in [0.717, 1.165) is 0 Å². The first-order valence-corrected chi connectivity index (χ1v) is 10.7. The van der Waals surface area contributed by atoms with Crippen molar-refractivity contribution in [2.45, 2.75) is 56.5 Å². The molecule has 0 radical (unpaired) electrons. The van der Waals surface area contributed by atoms with E-state index in [4.69, 9.17) is 22.7 Å². The standard InChI is InChI=1S/C18H29N7O6S/c1-8(27)10(19)15(30)20-4-2-3-5-21-18-23-14-11(16(32)24-18)22-7-25(14)17-13(29)12(28)9(6-26)31-17/h7-10,12-13,17,26-29H,2-6,19H2,1H3,(H,20,30)(H2,21,23,24,32)/t8?,9-,10?,12-,13-,17-/m1/s1. The van der Waals surface area contributed by atoms with Crippen molar-refractivity contribution in [3.05, 3.63) is 11.0 Å². The molecule has 9 N–H and O–H groups in total. The van der Waals surface area contributed by atoms with Crippen LogP contribution in [0, 0.1) is 4.64 Å². The predicted molar refractivity (Wildman–Crippen MR) is 116 cm³/mol. The van der Waals surface area contributed by atoms with Crippen LogP contribution in [0.5, 0.6) is 0 Å². The second-order valence-corrected chi connectivity index (χ2v) is 8.05. The number of aromatic amines is 1. The van der Waals surface area contributed by atoms with Gasteiger partial charge in [-0.3, -0.25) is 9.36 Å². The fourth-order valence-corrected chi connectivity index (χ4v) is 3.57. The molecule has 1 amide bonds. The first kappa shape index (κ1) is 24.4. The largest absolute Gasteiger partial charge is 0.394 e. The van der Waals surface area contributed by atoms with Gasteiger partial charge < -0.3 is 46.5 Å². The quantitative estimate of drug-likeness (QED) is 0.142. The molecule has 32 heavy (non-hydrogen) atoms. The highest BCUT2D eigenvalue weighted by Crippen LogP contribution is 2.31. The number of imidazole rings is 1. The molecule has 13 nitrogen and oxygen atoms in total. The number of hydrogen-bond donors (Lipinski definition) is 8. The average Bonchev–Trinajstić information content (AvgIpc) is 3.31. The number of rotatable bonds is 10. The molecular formula is C18H29N7O6S. The molecule has 0 aromatic carbocycles. The maximum absolute atomic E-state index is 11.7. The zero-order valence-corrected chi connectivity index (χ0v) is 18.3. The summed E-state index contributed by atoms with van der Waals surface area (Å²) in [6.45, 7) is 1.98. The zero-order chi connectivity index (χ0) is 23.4. The zero-order valence-electron chi connectivity index (χ0n) is 17.5. The van der Waals surface area contributed by atoms with Crippen LogP contribution >= 0.6 is 12.2 Å². The molecule has 3 heterocycles. The predicted octanol–water partition coefficient (Wildman–Crippen LogP) is -1.88. The summed E-state index contributed by atoms with van der Waals surface area (Å²) < 4.78 is 7.31. The third-order valence-corrected chi connectivity index (χ3v) is 5.54. The molecule has 3 rings (SSSR count). The number of carbonyl (C=O) groups excluding carboxylic acids is 1. The van der Waals surface area contributed by atoms with Gasteiger partial charge in [-0.15, -0.1) is 0 Å². The first-order valence-electron chi connectivity index (χ1n) is 10.3. The molecule has 2 aromatic heterocycles. The number of fused-ring (bicyclic) bond motifs is 1. The number of ether oxygens (including phenoxy) is 1. The normalized spacial score (nSPS) is 25.1. The Labute approximate surface area is 188 Å². The van der Waals surface area contributed by atoms with Gasteiger partial charge in [0.05, 0.1) is 19.0 Å². The summed E-state index contributed by atoms with van der Waals surface area (Å²) in [6.07, 6.45) is -2.47. The van der Waals surface area contributed by atoms with Gasteiger partial charge in [0.1, 0.15) is 35.5 Å². The minimum Gasteiger partial charge on any atom is -0.394 e. The molecule has 178 valence electrons. The van der Waals surface area contributed by atoms with Crippen LogP contribution in [-0.2, 0) is 9.53 Å². The Morgan fingerprint density at radius 2 is 2.09 bits per heavy atom. The van der Waals surface area contributed by atoms with Gasteiger partial charge in [0.15, 0.2) is 10.9 Å². The Hall–Kier alpha value is -2.20. The van der Waals surface area contributed by atoms with Gasteiger partial charge in [0, 0.05) is 13.1 Å². The van der Waals surface area contributed by atoms with Gasteiger partial charge in [-0.2, -0.15) is 0 Å². The molecule has 0 bridgehead atoms.